The summed E-state index contributed by atoms with van der Waals surface area (Å²) in [6.07, 6.45) is 1.30. The summed E-state index contributed by atoms with van der Waals surface area (Å²) < 4.78 is 11.0. The van der Waals surface area contributed by atoms with Crippen LogP contribution >= 0.6 is 11.6 Å². The van der Waals surface area contributed by atoms with Gasteiger partial charge in [-0.05, 0) is 37.3 Å². The summed E-state index contributed by atoms with van der Waals surface area (Å²) in [7, 11) is 0. The second kappa shape index (κ2) is 5.93. The fraction of sp³-hybridized carbons (Fsp3) is 0.133. The Labute approximate surface area is 126 Å². The zero-order valence-corrected chi connectivity index (χ0v) is 12.0. The largest absolute Gasteiger partial charge is 0.481 e. The molecule has 1 unspecified atom stereocenters. The van der Waals surface area contributed by atoms with Gasteiger partial charge >= 0.3 is 0 Å². The van der Waals surface area contributed by atoms with Crippen molar-refractivity contribution in [3.63, 3.8) is 0 Å². The smallest absolute Gasteiger partial charge is 0.267 e. The molecule has 0 aliphatic heterocycles. The van der Waals surface area contributed by atoms with Gasteiger partial charge in [0.2, 0.25) is 5.82 Å². The zero-order valence-electron chi connectivity index (χ0n) is 11.2. The Morgan fingerprint density at radius 2 is 2.10 bits per heavy atom. The molecule has 1 aromatic carbocycles. The second-order valence-electron chi connectivity index (χ2n) is 4.39. The summed E-state index contributed by atoms with van der Waals surface area (Å²) in [6.45, 7) is 1.83. The fourth-order valence-corrected chi connectivity index (χ4v) is 1.97. The predicted molar refractivity (Wildman–Crippen MR) is 78.0 cm³/mol. The van der Waals surface area contributed by atoms with Gasteiger partial charge in [-0.1, -0.05) is 28.9 Å². The van der Waals surface area contributed by atoms with Gasteiger partial charge in [-0.3, -0.25) is 4.98 Å². The monoisotopic (exact) mass is 301 g/mol. The molecule has 0 saturated heterocycles. The molecule has 0 saturated carbocycles. The van der Waals surface area contributed by atoms with Crippen LogP contribution < -0.4 is 4.74 Å². The van der Waals surface area contributed by atoms with E-state index < -0.39 is 0 Å². The highest BCUT2D eigenvalue weighted by atomic mass is 35.5. The van der Waals surface area contributed by atoms with Crippen LogP contribution in [0.1, 0.15) is 18.9 Å². The molecule has 2 heterocycles. The lowest BCUT2D eigenvalue weighted by Gasteiger charge is -2.10. The highest BCUT2D eigenvalue weighted by Crippen LogP contribution is 2.24. The summed E-state index contributed by atoms with van der Waals surface area (Å²) in [6, 6.07) is 12.7. The van der Waals surface area contributed by atoms with E-state index in [2.05, 4.69) is 15.1 Å². The fourth-order valence-electron chi connectivity index (χ4n) is 1.79. The third-order valence-corrected chi connectivity index (χ3v) is 3.03. The topological polar surface area (TPSA) is 61.0 Å². The highest BCUT2D eigenvalue weighted by Gasteiger charge is 2.17. The molecule has 0 fully saturated rings. The van der Waals surface area contributed by atoms with Crippen LogP contribution in [0.4, 0.5) is 0 Å². The van der Waals surface area contributed by atoms with Crippen molar-refractivity contribution >= 4 is 11.6 Å². The number of halogens is 1. The third kappa shape index (κ3) is 3.20. The minimum Gasteiger partial charge on any atom is -0.481 e. The molecule has 0 aliphatic carbocycles. The Kier molecular flexibility index (Phi) is 3.83. The first-order valence-corrected chi connectivity index (χ1v) is 6.77. The number of ether oxygens (including phenoxy) is 1. The van der Waals surface area contributed by atoms with Crippen molar-refractivity contribution in [1.29, 1.82) is 0 Å². The molecular formula is C15H12ClN3O2. The van der Waals surface area contributed by atoms with Crippen LogP contribution in [0.25, 0.3) is 11.5 Å². The van der Waals surface area contributed by atoms with Crippen molar-refractivity contribution < 1.29 is 9.26 Å². The van der Waals surface area contributed by atoms with E-state index in [1.165, 1.54) is 0 Å². The number of hydrogen-bond acceptors (Lipinski definition) is 5. The van der Waals surface area contributed by atoms with E-state index in [0.29, 0.717) is 28.2 Å². The number of hydrogen-bond donors (Lipinski definition) is 0. The number of pyridine rings is 1. The normalized spacial score (nSPS) is 12.1. The number of aromatic nitrogens is 3. The first-order valence-electron chi connectivity index (χ1n) is 6.39. The molecule has 0 aliphatic rings. The van der Waals surface area contributed by atoms with Gasteiger partial charge in [0.1, 0.15) is 11.4 Å². The molecule has 2 aromatic heterocycles. The maximum absolute atomic E-state index is 5.92. The van der Waals surface area contributed by atoms with E-state index in [1.54, 1.807) is 18.3 Å². The molecule has 0 radical (unpaired) electrons. The highest BCUT2D eigenvalue weighted by molar-refractivity contribution is 6.30. The SMILES string of the molecule is CC(Oc1cccc(Cl)c1)c1nc(-c2ccccn2)no1. The Morgan fingerprint density at radius 1 is 1.19 bits per heavy atom. The van der Waals surface area contributed by atoms with Crippen LogP contribution in [0.5, 0.6) is 5.75 Å². The van der Waals surface area contributed by atoms with E-state index in [-0.39, 0.29) is 6.10 Å². The average molecular weight is 302 g/mol. The van der Waals surface area contributed by atoms with Crippen molar-refractivity contribution in [2.45, 2.75) is 13.0 Å². The van der Waals surface area contributed by atoms with Crippen LogP contribution in [-0.4, -0.2) is 15.1 Å². The summed E-state index contributed by atoms with van der Waals surface area (Å²) in [5.41, 5.74) is 0.655. The lowest BCUT2D eigenvalue weighted by molar-refractivity contribution is 0.176. The molecule has 0 bridgehead atoms. The van der Waals surface area contributed by atoms with Crippen LogP contribution in [0.3, 0.4) is 0 Å². The Balaban J connectivity index is 1.77. The molecule has 106 valence electrons. The predicted octanol–water partition coefficient (Wildman–Crippen LogP) is 3.93. The van der Waals surface area contributed by atoms with Gasteiger partial charge in [0.15, 0.2) is 6.10 Å². The van der Waals surface area contributed by atoms with Crippen LogP contribution in [-0.2, 0) is 0 Å². The lowest BCUT2D eigenvalue weighted by atomic mass is 10.3. The molecule has 1 atom stereocenters. The van der Waals surface area contributed by atoms with Gasteiger partial charge in [0.25, 0.3) is 5.89 Å². The van der Waals surface area contributed by atoms with Gasteiger partial charge in [0, 0.05) is 11.2 Å². The molecule has 6 heteroatoms. The van der Waals surface area contributed by atoms with Crippen molar-refractivity contribution in [2.24, 2.45) is 0 Å². The Morgan fingerprint density at radius 3 is 2.86 bits per heavy atom. The van der Waals surface area contributed by atoms with E-state index in [9.17, 15) is 0 Å². The number of nitrogens with zero attached hydrogens (tertiary/aromatic N) is 3. The van der Waals surface area contributed by atoms with Gasteiger partial charge in [-0.2, -0.15) is 4.98 Å². The first kappa shape index (κ1) is 13.6. The van der Waals surface area contributed by atoms with Gasteiger partial charge in [-0.25, -0.2) is 0 Å². The lowest BCUT2D eigenvalue weighted by Crippen LogP contribution is -2.03. The average Bonchev–Trinajstić information content (AvgIpc) is 2.98. The van der Waals surface area contributed by atoms with E-state index in [1.807, 2.05) is 37.3 Å². The van der Waals surface area contributed by atoms with E-state index in [4.69, 9.17) is 20.9 Å². The molecule has 3 aromatic rings. The van der Waals surface area contributed by atoms with Gasteiger partial charge < -0.3 is 9.26 Å². The summed E-state index contributed by atoms with van der Waals surface area (Å²) in [5.74, 6) is 1.47. The second-order valence-corrected chi connectivity index (χ2v) is 4.83. The molecular weight excluding hydrogens is 290 g/mol. The Bertz CT molecular complexity index is 731. The molecule has 5 nitrogen and oxygen atoms in total. The maximum Gasteiger partial charge on any atom is 0.267 e. The number of benzene rings is 1. The molecule has 0 N–H and O–H groups in total. The van der Waals surface area contributed by atoms with E-state index in [0.717, 1.165) is 0 Å². The maximum atomic E-state index is 5.92. The minimum absolute atomic E-state index is 0.381. The molecule has 3 rings (SSSR count). The minimum atomic E-state index is -0.381. The van der Waals surface area contributed by atoms with Crippen molar-refractivity contribution in [1.82, 2.24) is 15.1 Å². The van der Waals surface area contributed by atoms with Gasteiger partial charge in [0.05, 0.1) is 0 Å². The molecule has 0 amide bonds. The van der Waals surface area contributed by atoms with Gasteiger partial charge in [-0.15, -0.1) is 0 Å². The molecule has 21 heavy (non-hydrogen) atoms. The molecule has 0 spiro atoms. The summed E-state index contributed by atoms with van der Waals surface area (Å²) in [5, 5.41) is 4.52. The summed E-state index contributed by atoms with van der Waals surface area (Å²) >= 11 is 5.92. The standard InChI is InChI=1S/C15H12ClN3O2/c1-10(20-12-6-4-5-11(16)9-12)15-18-14(19-21-15)13-7-2-3-8-17-13/h2-10H,1H3. The zero-order chi connectivity index (χ0) is 14.7. The van der Waals surface area contributed by atoms with Crippen LogP contribution in [0.15, 0.2) is 53.2 Å². The third-order valence-electron chi connectivity index (χ3n) is 2.79. The summed E-state index contributed by atoms with van der Waals surface area (Å²) in [4.78, 5) is 8.47. The number of rotatable bonds is 4. The van der Waals surface area contributed by atoms with E-state index >= 15 is 0 Å². The quantitative estimate of drug-likeness (QED) is 0.731. The first-order chi connectivity index (χ1) is 10.2. The van der Waals surface area contributed by atoms with Crippen LogP contribution in [0, 0.1) is 0 Å². The van der Waals surface area contributed by atoms with Crippen molar-refractivity contribution in [2.75, 3.05) is 0 Å². The van der Waals surface area contributed by atoms with Crippen molar-refractivity contribution in [3.8, 4) is 17.3 Å². The Hall–Kier alpha value is -2.40. The van der Waals surface area contributed by atoms with Crippen LogP contribution in [0.2, 0.25) is 5.02 Å². The van der Waals surface area contributed by atoms with Crippen molar-refractivity contribution in [3.05, 3.63) is 59.6 Å².